The first-order valence-electron chi connectivity index (χ1n) is 8.16. The molecule has 0 aliphatic heterocycles. The topological polar surface area (TPSA) is 63.2 Å². The van der Waals surface area contributed by atoms with Crippen LogP contribution in [0.5, 0.6) is 0 Å². The van der Waals surface area contributed by atoms with Gasteiger partial charge in [-0.05, 0) is 33.6 Å². The van der Waals surface area contributed by atoms with Crippen molar-refractivity contribution in [2.45, 2.75) is 77.1 Å². The number of aromatic nitrogens is 1. The van der Waals surface area contributed by atoms with Gasteiger partial charge in [-0.3, -0.25) is 0 Å². The second-order valence-corrected chi connectivity index (χ2v) is 8.68. The van der Waals surface area contributed by atoms with E-state index in [4.69, 9.17) is 16.3 Å². The quantitative estimate of drug-likeness (QED) is 0.794. The van der Waals surface area contributed by atoms with Crippen molar-refractivity contribution in [2.75, 3.05) is 0 Å². The fourth-order valence-corrected chi connectivity index (χ4v) is 3.68. The predicted octanol–water partition coefficient (Wildman–Crippen LogP) is 4.11. The first-order chi connectivity index (χ1) is 10.8. The summed E-state index contributed by atoms with van der Waals surface area (Å²) in [7, 11) is 0. The van der Waals surface area contributed by atoms with Crippen LogP contribution in [0.3, 0.4) is 0 Å². The Balaban J connectivity index is 1.91. The lowest BCUT2D eigenvalue weighted by molar-refractivity contribution is 0.0489. The number of carbonyl (C=O) groups is 1. The fraction of sp³-hybridized carbons (Fsp3) is 0.750. The van der Waals surface area contributed by atoms with Gasteiger partial charge in [0, 0.05) is 18.6 Å². The van der Waals surface area contributed by atoms with Crippen molar-refractivity contribution in [3.63, 3.8) is 0 Å². The highest BCUT2D eigenvalue weighted by atomic mass is 35.5. The molecule has 1 aromatic rings. The van der Waals surface area contributed by atoms with Crippen molar-refractivity contribution in [1.82, 2.24) is 15.6 Å². The predicted molar refractivity (Wildman–Crippen MR) is 94.0 cm³/mol. The monoisotopic (exact) mass is 359 g/mol. The minimum Gasteiger partial charge on any atom is -0.444 e. The normalized spacial score (nSPS) is 22.4. The molecule has 0 aromatic carbocycles. The minimum atomic E-state index is -0.477. The highest BCUT2D eigenvalue weighted by Crippen LogP contribution is 2.21. The number of thiazole rings is 1. The molecule has 0 bridgehead atoms. The van der Waals surface area contributed by atoms with E-state index in [2.05, 4.69) is 15.6 Å². The summed E-state index contributed by atoms with van der Waals surface area (Å²) >= 11 is 7.41. The van der Waals surface area contributed by atoms with Crippen molar-refractivity contribution >= 4 is 29.0 Å². The number of alkyl carbamates (subject to hydrolysis) is 1. The van der Waals surface area contributed by atoms with Gasteiger partial charge in [-0.15, -0.1) is 11.3 Å². The van der Waals surface area contributed by atoms with Crippen LogP contribution >= 0.6 is 22.9 Å². The molecule has 0 spiro atoms. The third-order valence-corrected chi connectivity index (χ3v) is 4.87. The smallest absolute Gasteiger partial charge is 0.407 e. The van der Waals surface area contributed by atoms with Crippen molar-refractivity contribution in [3.05, 3.63) is 15.5 Å². The summed E-state index contributed by atoms with van der Waals surface area (Å²) in [6.07, 6.45) is 6.84. The van der Waals surface area contributed by atoms with Gasteiger partial charge < -0.3 is 15.4 Å². The molecular formula is C16H26ClN3O2S. The van der Waals surface area contributed by atoms with Crippen LogP contribution in [0.1, 0.15) is 57.9 Å². The van der Waals surface area contributed by atoms with E-state index in [9.17, 15) is 4.79 Å². The second kappa shape index (κ2) is 8.31. The Morgan fingerprint density at radius 3 is 2.65 bits per heavy atom. The molecule has 1 amide bonds. The molecule has 23 heavy (non-hydrogen) atoms. The molecule has 1 aromatic heterocycles. The van der Waals surface area contributed by atoms with Gasteiger partial charge >= 0.3 is 6.09 Å². The summed E-state index contributed by atoms with van der Waals surface area (Å²) in [5.74, 6) is 0. The zero-order chi connectivity index (χ0) is 16.9. The molecule has 7 heteroatoms. The van der Waals surface area contributed by atoms with E-state index >= 15 is 0 Å². The van der Waals surface area contributed by atoms with E-state index < -0.39 is 5.60 Å². The molecule has 0 saturated heterocycles. The van der Waals surface area contributed by atoms with Gasteiger partial charge in [0.2, 0.25) is 0 Å². The van der Waals surface area contributed by atoms with E-state index in [1.165, 1.54) is 24.2 Å². The second-order valence-electron chi connectivity index (χ2n) is 6.94. The average molecular weight is 360 g/mol. The SMILES string of the molecule is CC(C)(C)OC(=O)NC1CCCCCC1NCc1ncc(Cl)s1. The summed E-state index contributed by atoms with van der Waals surface area (Å²) in [5, 5.41) is 7.54. The standard InChI is InChI=1S/C16H26ClN3O2S/c1-16(2,3)22-15(21)20-12-8-6-4-5-7-11(12)18-10-14-19-9-13(17)23-14/h9,11-12,18H,4-8,10H2,1-3H3,(H,20,21). The number of hydrogen-bond donors (Lipinski definition) is 2. The fourth-order valence-electron chi connectivity index (χ4n) is 2.77. The van der Waals surface area contributed by atoms with E-state index in [-0.39, 0.29) is 18.2 Å². The molecule has 2 rings (SSSR count). The average Bonchev–Trinajstić information content (AvgIpc) is 2.72. The zero-order valence-electron chi connectivity index (χ0n) is 14.0. The molecule has 2 unspecified atom stereocenters. The number of halogens is 1. The van der Waals surface area contributed by atoms with Crippen molar-refractivity contribution in [2.24, 2.45) is 0 Å². The third-order valence-electron chi connectivity index (χ3n) is 3.76. The molecule has 5 nitrogen and oxygen atoms in total. The third kappa shape index (κ3) is 6.65. The van der Waals surface area contributed by atoms with Crippen molar-refractivity contribution < 1.29 is 9.53 Å². The van der Waals surface area contributed by atoms with Crippen LogP contribution in [0.15, 0.2) is 6.20 Å². The largest absolute Gasteiger partial charge is 0.444 e. The molecule has 1 heterocycles. The van der Waals surface area contributed by atoms with E-state index in [0.717, 1.165) is 24.3 Å². The Kier molecular flexibility index (Phi) is 6.68. The Morgan fingerprint density at radius 1 is 1.35 bits per heavy atom. The van der Waals surface area contributed by atoms with Gasteiger partial charge in [0.1, 0.15) is 14.9 Å². The number of nitrogens with zero attached hydrogens (tertiary/aromatic N) is 1. The molecule has 1 saturated carbocycles. The van der Waals surface area contributed by atoms with Gasteiger partial charge in [-0.2, -0.15) is 0 Å². The van der Waals surface area contributed by atoms with Gasteiger partial charge in [0.05, 0.1) is 6.20 Å². The van der Waals surface area contributed by atoms with Crippen LogP contribution in [-0.2, 0) is 11.3 Å². The summed E-state index contributed by atoms with van der Waals surface area (Å²) in [4.78, 5) is 16.3. The summed E-state index contributed by atoms with van der Waals surface area (Å²) in [6.45, 7) is 6.30. The van der Waals surface area contributed by atoms with Crippen molar-refractivity contribution in [1.29, 1.82) is 0 Å². The molecule has 0 radical (unpaired) electrons. The van der Waals surface area contributed by atoms with Crippen LogP contribution in [0, 0.1) is 0 Å². The Morgan fingerprint density at radius 2 is 2.04 bits per heavy atom. The van der Waals surface area contributed by atoms with Crippen LogP contribution in [0.2, 0.25) is 4.34 Å². The first kappa shape index (κ1) is 18.5. The first-order valence-corrected chi connectivity index (χ1v) is 9.36. The number of hydrogen-bond acceptors (Lipinski definition) is 5. The highest BCUT2D eigenvalue weighted by Gasteiger charge is 2.27. The van der Waals surface area contributed by atoms with E-state index in [0.29, 0.717) is 10.9 Å². The van der Waals surface area contributed by atoms with Gasteiger partial charge in [0.15, 0.2) is 0 Å². The van der Waals surface area contributed by atoms with Gasteiger partial charge in [-0.25, -0.2) is 9.78 Å². The van der Waals surface area contributed by atoms with Crippen molar-refractivity contribution in [3.8, 4) is 0 Å². The molecule has 2 atom stereocenters. The number of ether oxygens (including phenoxy) is 1. The Labute approximate surface area is 147 Å². The molecular weight excluding hydrogens is 334 g/mol. The summed E-state index contributed by atoms with van der Waals surface area (Å²) in [5.41, 5.74) is -0.477. The molecule has 1 aliphatic rings. The summed E-state index contributed by atoms with van der Waals surface area (Å²) < 4.78 is 6.09. The van der Waals surface area contributed by atoms with Gasteiger partial charge in [0.25, 0.3) is 0 Å². The van der Waals surface area contributed by atoms with Crippen LogP contribution < -0.4 is 10.6 Å². The minimum absolute atomic E-state index is 0.0859. The van der Waals surface area contributed by atoms with E-state index in [1.807, 2.05) is 20.8 Å². The molecule has 130 valence electrons. The Bertz CT molecular complexity index is 516. The molecule has 1 fully saturated rings. The Hall–Kier alpha value is -0.850. The molecule has 2 N–H and O–H groups in total. The van der Waals surface area contributed by atoms with Crippen LogP contribution in [0.25, 0.3) is 0 Å². The van der Waals surface area contributed by atoms with Gasteiger partial charge in [-0.1, -0.05) is 30.9 Å². The maximum Gasteiger partial charge on any atom is 0.407 e. The lowest BCUT2D eigenvalue weighted by atomic mass is 10.0. The maximum absolute atomic E-state index is 12.1. The number of carbonyl (C=O) groups excluding carboxylic acids is 1. The number of rotatable bonds is 4. The molecule has 1 aliphatic carbocycles. The lowest BCUT2D eigenvalue weighted by Crippen LogP contribution is -2.50. The number of nitrogens with one attached hydrogen (secondary N) is 2. The maximum atomic E-state index is 12.1. The van der Waals surface area contributed by atoms with Crippen LogP contribution in [0.4, 0.5) is 4.79 Å². The highest BCUT2D eigenvalue weighted by molar-refractivity contribution is 7.15. The van der Waals surface area contributed by atoms with Crippen LogP contribution in [-0.4, -0.2) is 28.8 Å². The van der Waals surface area contributed by atoms with E-state index in [1.54, 1.807) is 6.20 Å². The lowest BCUT2D eigenvalue weighted by Gasteiger charge is -2.28. The summed E-state index contributed by atoms with van der Waals surface area (Å²) in [6, 6.07) is 0.315. The number of amides is 1. The zero-order valence-corrected chi connectivity index (χ0v) is 15.6.